The molecule has 5 nitrogen and oxygen atoms in total. The van der Waals surface area contributed by atoms with E-state index >= 15 is 0 Å². The van der Waals surface area contributed by atoms with E-state index in [0.717, 1.165) is 40.7 Å². The molecule has 0 bridgehead atoms. The van der Waals surface area contributed by atoms with Crippen molar-refractivity contribution in [3.63, 3.8) is 0 Å². The topological polar surface area (TPSA) is 57.3 Å². The monoisotopic (exact) mass is 406 g/mol. The van der Waals surface area contributed by atoms with E-state index in [-0.39, 0.29) is 6.03 Å². The lowest BCUT2D eigenvalue weighted by Crippen LogP contribution is -2.31. The number of nitrogens with zero attached hydrogens (tertiary/aromatic N) is 2. The number of para-hydroxylation sites is 2. The Bertz CT molecular complexity index is 961. The number of aromatic nitrogens is 1. The van der Waals surface area contributed by atoms with Crippen LogP contribution in [0.4, 0.5) is 16.2 Å². The number of carbonyl (C=O) groups is 1. The first-order valence-corrected chi connectivity index (χ1v) is 11.0. The van der Waals surface area contributed by atoms with Crippen LogP contribution in [0.15, 0.2) is 53.9 Å². The zero-order valence-corrected chi connectivity index (χ0v) is 17.5. The van der Waals surface area contributed by atoms with Gasteiger partial charge in [-0.15, -0.1) is 11.3 Å². The molecule has 0 radical (unpaired) electrons. The minimum absolute atomic E-state index is 0.175. The molecule has 0 atom stereocenters. The maximum absolute atomic E-state index is 12.4. The fourth-order valence-corrected chi connectivity index (χ4v) is 4.39. The molecule has 1 aliphatic heterocycles. The Morgan fingerprint density at radius 2 is 1.86 bits per heavy atom. The molecule has 0 aliphatic carbocycles. The molecule has 6 heteroatoms. The molecule has 2 amide bonds. The summed E-state index contributed by atoms with van der Waals surface area (Å²) in [6, 6.07) is 16.2. The Kier molecular flexibility index (Phi) is 6.10. The van der Waals surface area contributed by atoms with E-state index in [1.165, 1.54) is 18.4 Å². The van der Waals surface area contributed by atoms with E-state index in [9.17, 15) is 4.79 Å². The average molecular weight is 407 g/mol. The Labute approximate surface area is 175 Å². The third-order valence-electron chi connectivity index (χ3n) is 5.12. The van der Waals surface area contributed by atoms with E-state index in [0.29, 0.717) is 13.0 Å². The van der Waals surface area contributed by atoms with Crippen LogP contribution < -0.4 is 15.5 Å². The first-order valence-electron chi connectivity index (χ1n) is 10.1. The summed E-state index contributed by atoms with van der Waals surface area (Å²) in [4.78, 5) is 19.4. The third-order valence-corrected chi connectivity index (χ3v) is 6.06. The summed E-state index contributed by atoms with van der Waals surface area (Å²) >= 11 is 1.64. The molecule has 1 fully saturated rings. The van der Waals surface area contributed by atoms with Gasteiger partial charge in [0, 0.05) is 37.0 Å². The highest BCUT2D eigenvalue weighted by molar-refractivity contribution is 7.13. The van der Waals surface area contributed by atoms with Crippen molar-refractivity contribution >= 4 is 28.7 Å². The minimum Gasteiger partial charge on any atom is -0.370 e. The van der Waals surface area contributed by atoms with Gasteiger partial charge in [0.15, 0.2) is 0 Å². The van der Waals surface area contributed by atoms with Crippen molar-refractivity contribution in [2.24, 2.45) is 0 Å². The number of thiazole rings is 1. The van der Waals surface area contributed by atoms with Gasteiger partial charge in [-0.2, -0.15) is 0 Å². The summed E-state index contributed by atoms with van der Waals surface area (Å²) in [6.45, 7) is 4.73. The Morgan fingerprint density at radius 3 is 2.66 bits per heavy atom. The molecule has 2 aromatic carbocycles. The maximum atomic E-state index is 12.4. The van der Waals surface area contributed by atoms with Crippen LogP contribution in [-0.2, 0) is 6.42 Å². The molecule has 3 aromatic rings. The molecule has 0 unspecified atom stereocenters. The third kappa shape index (κ3) is 4.95. The van der Waals surface area contributed by atoms with E-state index in [1.54, 1.807) is 11.3 Å². The van der Waals surface area contributed by atoms with Gasteiger partial charge < -0.3 is 15.5 Å². The lowest BCUT2D eigenvalue weighted by Gasteiger charge is -2.21. The van der Waals surface area contributed by atoms with Crippen molar-refractivity contribution < 1.29 is 4.79 Å². The number of rotatable bonds is 6. The predicted molar refractivity (Wildman–Crippen MR) is 121 cm³/mol. The fraction of sp³-hybridized carbons (Fsp3) is 0.304. The lowest BCUT2D eigenvalue weighted by molar-refractivity contribution is 0.252. The van der Waals surface area contributed by atoms with Crippen molar-refractivity contribution in [1.29, 1.82) is 0 Å². The van der Waals surface area contributed by atoms with Gasteiger partial charge in [-0.1, -0.05) is 42.0 Å². The largest absolute Gasteiger partial charge is 0.370 e. The zero-order chi connectivity index (χ0) is 20.1. The van der Waals surface area contributed by atoms with Crippen molar-refractivity contribution in [1.82, 2.24) is 10.3 Å². The number of benzene rings is 2. The van der Waals surface area contributed by atoms with Crippen LogP contribution in [0.5, 0.6) is 0 Å². The Morgan fingerprint density at radius 1 is 1.10 bits per heavy atom. The summed E-state index contributed by atoms with van der Waals surface area (Å²) in [6.07, 6.45) is 3.13. The number of carbonyl (C=O) groups excluding carboxylic acids is 1. The number of aryl methyl sites for hydroxylation is 1. The SMILES string of the molecule is Cc1ccc(-c2nc(CCNC(=O)Nc3ccccc3N3CCCC3)cs2)cc1. The highest BCUT2D eigenvalue weighted by Crippen LogP contribution is 2.28. The summed E-state index contributed by atoms with van der Waals surface area (Å²) in [7, 11) is 0. The molecule has 2 N–H and O–H groups in total. The van der Waals surface area contributed by atoms with Crippen LogP contribution in [0.25, 0.3) is 10.6 Å². The van der Waals surface area contributed by atoms with Crippen molar-refractivity contribution in [2.45, 2.75) is 26.2 Å². The summed E-state index contributed by atoms with van der Waals surface area (Å²) in [5, 5.41) is 9.03. The van der Waals surface area contributed by atoms with Gasteiger partial charge in [0.25, 0.3) is 0 Å². The second-order valence-corrected chi connectivity index (χ2v) is 8.21. The van der Waals surface area contributed by atoms with Crippen LogP contribution in [0.3, 0.4) is 0 Å². The van der Waals surface area contributed by atoms with Gasteiger partial charge in [-0.25, -0.2) is 9.78 Å². The fourth-order valence-electron chi connectivity index (χ4n) is 3.53. The molecular weight excluding hydrogens is 380 g/mol. The lowest BCUT2D eigenvalue weighted by atomic mass is 10.2. The molecule has 4 rings (SSSR count). The number of nitrogens with one attached hydrogen (secondary N) is 2. The molecule has 1 aromatic heterocycles. The molecule has 1 saturated heterocycles. The quantitative estimate of drug-likeness (QED) is 0.600. The maximum Gasteiger partial charge on any atom is 0.319 e. The van der Waals surface area contributed by atoms with Crippen LogP contribution in [0.1, 0.15) is 24.1 Å². The second kappa shape index (κ2) is 9.09. The number of urea groups is 1. The molecule has 0 saturated carbocycles. The van der Waals surface area contributed by atoms with Gasteiger partial charge in [-0.05, 0) is 31.9 Å². The normalized spacial score (nSPS) is 13.5. The predicted octanol–water partition coefficient (Wildman–Crippen LogP) is 5.08. The highest BCUT2D eigenvalue weighted by atomic mass is 32.1. The van der Waals surface area contributed by atoms with Gasteiger partial charge in [0.1, 0.15) is 5.01 Å². The van der Waals surface area contributed by atoms with Gasteiger partial charge in [-0.3, -0.25) is 0 Å². The summed E-state index contributed by atoms with van der Waals surface area (Å²) < 4.78 is 0. The van der Waals surface area contributed by atoms with E-state index < -0.39 is 0 Å². The van der Waals surface area contributed by atoms with E-state index in [1.807, 2.05) is 18.2 Å². The van der Waals surface area contributed by atoms with E-state index in [4.69, 9.17) is 4.98 Å². The first-order chi connectivity index (χ1) is 14.2. The van der Waals surface area contributed by atoms with Gasteiger partial charge in [0.05, 0.1) is 17.1 Å². The molecule has 1 aliphatic rings. The molecule has 2 heterocycles. The Hall–Kier alpha value is -2.86. The van der Waals surface area contributed by atoms with Crippen molar-refractivity contribution in [3.8, 4) is 10.6 Å². The zero-order valence-electron chi connectivity index (χ0n) is 16.6. The average Bonchev–Trinajstić information content (AvgIpc) is 3.41. The molecule has 150 valence electrons. The number of hydrogen-bond donors (Lipinski definition) is 2. The second-order valence-electron chi connectivity index (χ2n) is 7.35. The van der Waals surface area contributed by atoms with Crippen LogP contribution in [0.2, 0.25) is 0 Å². The first kappa shape index (κ1) is 19.5. The van der Waals surface area contributed by atoms with Crippen molar-refractivity contribution in [2.75, 3.05) is 29.9 Å². The number of hydrogen-bond acceptors (Lipinski definition) is 4. The molecular formula is C23H26N4OS. The van der Waals surface area contributed by atoms with Crippen LogP contribution in [0, 0.1) is 6.92 Å². The molecule has 29 heavy (non-hydrogen) atoms. The number of amides is 2. The standard InChI is InChI=1S/C23H26N4OS/c1-17-8-10-18(11-9-17)22-25-19(16-29-22)12-13-24-23(28)26-20-6-2-3-7-21(20)27-14-4-5-15-27/h2-3,6-11,16H,4-5,12-15H2,1H3,(H2,24,26,28). The molecule has 0 spiro atoms. The van der Waals surface area contributed by atoms with Crippen molar-refractivity contribution in [3.05, 3.63) is 65.2 Å². The highest BCUT2D eigenvalue weighted by Gasteiger charge is 2.16. The van der Waals surface area contributed by atoms with Gasteiger partial charge >= 0.3 is 6.03 Å². The van der Waals surface area contributed by atoms with E-state index in [2.05, 4.69) is 58.2 Å². The van der Waals surface area contributed by atoms with Gasteiger partial charge in [0.2, 0.25) is 0 Å². The summed E-state index contributed by atoms with van der Waals surface area (Å²) in [5.74, 6) is 0. The Balaban J connectivity index is 1.29. The van der Waals surface area contributed by atoms with Crippen LogP contribution in [-0.4, -0.2) is 30.6 Å². The number of anilines is 2. The summed E-state index contributed by atoms with van der Waals surface area (Å²) in [5.41, 5.74) is 5.34. The smallest absolute Gasteiger partial charge is 0.319 e. The minimum atomic E-state index is -0.175. The van der Waals surface area contributed by atoms with Crippen LogP contribution >= 0.6 is 11.3 Å².